The van der Waals surface area contributed by atoms with Crippen LogP contribution >= 0.6 is 0 Å². The summed E-state index contributed by atoms with van der Waals surface area (Å²) in [6.07, 6.45) is 0. The number of methoxy groups -OCH3 is 1. The van der Waals surface area contributed by atoms with Crippen LogP contribution in [0.2, 0.25) is 0 Å². The zero-order valence-electron chi connectivity index (χ0n) is 9.91. The van der Waals surface area contributed by atoms with Crippen LogP contribution in [0.15, 0.2) is 12.1 Å². The van der Waals surface area contributed by atoms with E-state index >= 15 is 0 Å². The number of amides is 1. The fourth-order valence-corrected chi connectivity index (χ4v) is 1.21. The van der Waals surface area contributed by atoms with E-state index < -0.39 is 34.6 Å². The molecule has 0 aromatic heterocycles. The molecule has 0 bridgehead atoms. The lowest BCUT2D eigenvalue weighted by molar-refractivity contribution is 0.00872. The van der Waals surface area contributed by atoms with Crippen molar-refractivity contribution < 1.29 is 33.1 Å². The van der Waals surface area contributed by atoms with Gasteiger partial charge in [0.15, 0.2) is 11.6 Å². The number of hydrogen-bond acceptors (Lipinski definition) is 4. The van der Waals surface area contributed by atoms with E-state index in [4.69, 9.17) is 5.11 Å². The molecule has 0 saturated carbocycles. The second-order valence-corrected chi connectivity index (χ2v) is 3.39. The third-order valence-corrected chi connectivity index (χ3v) is 2.09. The highest BCUT2D eigenvalue weighted by atomic mass is 19.2. The summed E-state index contributed by atoms with van der Waals surface area (Å²) in [6.45, 7) is 0.220. The van der Waals surface area contributed by atoms with Gasteiger partial charge in [-0.05, 0) is 12.1 Å². The van der Waals surface area contributed by atoms with Gasteiger partial charge < -0.3 is 9.84 Å². The molecule has 1 aromatic carbocycles. The largest absolute Gasteiger partial charge is 0.478 e. The van der Waals surface area contributed by atoms with E-state index in [-0.39, 0.29) is 13.2 Å². The molecule has 0 radical (unpaired) electrons. The van der Waals surface area contributed by atoms with Gasteiger partial charge in [-0.25, -0.2) is 19.1 Å². The summed E-state index contributed by atoms with van der Waals surface area (Å²) < 4.78 is 30.6. The molecule has 0 aliphatic rings. The molecule has 104 valence electrons. The minimum Gasteiger partial charge on any atom is -0.478 e. The Kier molecular flexibility index (Phi) is 5.34. The van der Waals surface area contributed by atoms with Crippen molar-refractivity contribution in [2.75, 3.05) is 20.3 Å². The number of nitrogens with one attached hydrogen (secondary N) is 1. The Morgan fingerprint density at radius 1 is 1.21 bits per heavy atom. The number of carboxylic acids is 1. The summed E-state index contributed by atoms with van der Waals surface area (Å²) in [4.78, 5) is 27.1. The lowest BCUT2D eigenvalue weighted by Gasteiger charge is -2.08. The predicted octanol–water partition coefficient (Wildman–Crippen LogP) is 0.971. The number of hydroxylamine groups is 1. The number of hydrogen-bond donors (Lipinski definition) is 2. The van der Waals surface area contributed by atoms with Gasteiger partial charge >= 0.3 is 5.97 Å². The van der Waals surface area contributed by atoms with Crippen LogP contribution in [0.1, 0.15) is 20.7 Å². The Morgan fingerprint density at radius 3 is 2.32 bits per heavy atom. The molecule has 0 aliphatic carbocycles. The molecule has 19 heavy (non-hydrogen) atoms. The van der Waals surface area contributed by atoms with Crippen LogP contribution in [0.3, 0.4) is 0 Å². The molecule has 6 nitrogen and oxygen atoms in total. The number of rotatable bonds is 6. The quantitative estimate of drug-likeness (QED) is 0.597. The minimum atomic E-state index is -1.55. The number of carboxylic acid groups (broad SMARTS) is 1. The normalized spacial score (nSPS) is 10.3. The molecule has 0 saturated heterocycles. The molecule has 1 rings (SSSR count). The standard InChI is InChI=1S/C11H11F2NO5/c1-18-2-3-19-14-10(15)6-4-8(12)9(13)5-7(6)11(16)17/h4-5H,2-3H2,1H3,(H,14,15)(H,16,17). The lowest BCUT2D eigenvalue weighted by Crippen LogP contribution is -2.27. The molecule has 1 aromatic rings. The third-order valence-electron chi connectivity index (χ3n) is 2.09. The summed E-state index contributed by atoms with van der Waals surface area (Å²) in [6, 6.07) is 0.926. The van der Waals surface area contributed by atoms with E-state index in [1.165, 1.54) is 7.11 Å². The Balaban J connectivity index is 2.89. The van der Waals surface area contributed by atoms with Crippen LogP contribution in [0.5, 0.6) is 0 Å². The lowest BCUT2D eigenvalue weighted by atomic mass is 10.1. The molecular formula is C11H11F2NO5. The minimum absolute atomic E-state index is 0.0221. The highest BCUT2D eigenvalue weighted by Gasteiger charge is 2.20. The van der Waals surface area contributed by atoms with Crippen molar-refractivity contribution >= 4 is 11.9 Å². The highest BCUT2D eigenvalue weighted by Crippen LogP contribution is 2.15. The molecule has 8 heteroatoms. The van der Waals surface area contributed by atoms with Gasteiger partial charge in [-0.15, -0.1) is 0 Å². The van der Waals surface area contributed by atoms with Gasteiger partial charge in [0.25, 0.3) is 5.91 Å². The molecule has 0 fully saturated rings. The van der Waals surface area contributed by atoms with Crippen molar-refractivity contribution in [1.29, 1.82) is 0 Å². The maximum Gasteiger partial charge on any atom is 0.336 e. The van der Waals surface area contributed by atoms with Crippen LogP contribution in [0.25, 0.3) is 0 Å². The van der Waals surface area contributed by atoms with Crippen molar-refractivity contribution in [3.05, 3.63) is 34.9 Å². The predicted molar refractivity (Wildman–Crippen MR) is 58.6 cm³/mol. The fraction of sp³-hybridized carbons (Fsp3) is 0.273. The summed E-state index contributed by atoms with van der Waals surface area (Å²) in [7, 11) is 1.42. The van der Waals surface area contributed by atoms with Crippen molar-refractivity contribution in [3.8, 4) is 0 Å². The average Bonchev–Trinajstić information content (AvgIpc) is 2.36. The fourth-order valence-electron chi connectivity index (χ4n) is 1.21. The first-order valence-electron chi connectivity index (χ1n) is 5.10. The second-order valence-electron chi connectivity index (χ2n) is 3.39. The third kappa shape index (κ3) is 3.97. The molecule has 0 unspecified atom stereocenters. The van der Waals surface area contributed by atoms with Crippen LogP contribution in [0, 0.1) is 11.6 Å². The maximum atomic E-state index is 13.0. The smallest absolute Gasteiger partial charge is 0.336 e. The van der Waals surface area contributed by atoms with E-state index in [2.05, 4.69) is 9.57 Å². The van der Waals surface area contributed by atoms with Crippen molar-refractivity contribution in [2.45, 2.75) is 0 Å². The van der Waals surface area contributed by atoms with Gasteiger partial charge in [-0.1, -0.05) is 0 Å². The van der Waals surface area contributed by atoms with Crippen LogP contribution in [-0.2, 0) is 9.57 Å². The Labute approximate surface area is 106 Å². The monoisotopic (exact) mass is 275 g/mol. The van der Waals surface area contributed by atoms with E-state index in [9.17, 15) is 18.4 Å². The summed E-state index contributed by atoms with van der Waals surface area (Å²) in [5.74, 6) is -5.23. The molecule has 0 aliphatic heterocycles. The molecular weight excluding hydrogens is 264 g/mol. The first-order chi connectivity index (χ1) is 8.97. The van der Waals surface area contributed by atoms with Gasteiger partial charge in [0.05, 0.1) is 24.3 Å². The Bertz CT molecular complexity index is 492. The topological polar surface area (TPSA) is 84.9 Å². The molecule has 2 N–H and O–H groups in total. The molecule has 0 heterocycles. The highest BCUT2D eigenvalue weighted by molar-refractivity contribution is 6.04. The molecule has 1 amide bonds. The number of aromatic carboxylic acids is 1. The van der Waals surface area contributed by atoms with Gasteiger partial charge in [0.1, 0.15) is 0 Å². The Hall–Kier alpha value is -2.06. The van der Waals surface area contributed by atoms with Crippen LogP contribution < -0.4 is 5.48 Å². The van der Waals surface area contributed by atoms with Crippen molar-refractivity contribution in [1.82, 2.24) is 5.48 Å². The van der Waals surface area contributed by atoms with Crippen molar-refractivity contribution in [3.63, 3.8) is 0 Å². The first-order valence-corrected chi connectivity index (χ1v) is 5.10. The van der Waals surface area contributed by atoms with E-state index in [1.54, 1.807) is 0 Å². The van der Waals surface area contributed by atoms with Gasteiger partial charge in [0.2, 0.25) is 0 Å². The van der Waals surface area contributed by atoms with E-state index in [0.29, 0.717) is 12.1 Å². The SMILES string of the molecule is COCCONC(=O)c1cc(F)c(F)cc1C(=O)O. The maximum absolute atomic E-state index is 13.0. The number of ether oxygens (including phenoxy) is 1. The van der Waals surface area contributed by atoms with Gasteiger partial charge in [-0.2, -0.15) is 0 Å². The zero-order valence-corrected chi connectivity index (χ0v) is 9.91. The Morgan fingerprint density at radius 2 is 1.79 bits per heavy atom. The van der Waals surface area contributed by atoms with Gasteiger partial charge in [-0.3, -0.25) is 9.63 Å². The molecule has 0 atom stereocenters. The number of benzene rings is 1. The number of carbonyl (C=O) groups is 2. The second kappa shape index (κ2) is 6.76. The average molecular weight is 275 g/mol. The summed E-state index contributed by atoms with van der Waals surface area (Å²) in [5, 5.41) is 8.81. The number of halogens is 2. The van der Waals surface area contributed by atoms with E-state index in [0.717, 1.165) is 0 Å². The van der Waals surface area contributed by atoms with Crippen molar-refractivity contribution in [2.24, 2.45) is 0 Å². The van der Waals surface area contributed by atoms with E-state index in [1.807, 2.05) is 5.48 Å². The summed E-state index contributed by atoms with van der Waals surface area (Å²) in [5.41, 5.74) is 0.706. The zero-order chi connectivity index (χ0) is 14.4. The van der Waals surface area contributed by atoms with Gasteiger partial charge in [0, 0.05) is 7.11 Å². The van der Waals surface area contributed by atoms with Crippen LogP contribution in [-0.4, -0.2) is 37.3 Å². The summed E-state index contributed by atoms with van der Waals surface area (Å²) >= 11 is 0. The molecule has 0 spiro atoms. The first kappa shape index (κ1) is 15.0. The number of carbonyl (C=O) groups excluding carboxylic acids is 1. The van der Waals surface area contributed by atoms with Crippen LogP contribution in [0.4, 0.5) is 8.78 Å².